The Hall–Kier alpha value is -3.34. The second-order valence-electron chi connectivity index (χ2n) is 8.77. The van der Waals surface area contributed by atoms with Crippen molar-refractivity contribution in [1.29, 1.82) is 0 Å². The number of hydrogen-bond acceptors (Lipinski definition) is 6. The van der Waals surface area contributed by atoms with E-state index in [-0.39, 0.29) is 29.3 Å². The van der Waals surface area contributed by atoms with Crippen molar-refractivity contribution in [2.24, 2.45) is 11.8 Å². The fourth-order valence-electron chi connectivity index (χ4n) is 4.72. The van der Waals surface area contributed by atoms with Gasteiger partial charge in [-0.25, -0.2) is 15.0 Å². The lowest BCUT2D eigenvalue weighted by Crippen LogP contribution is -2.38. The Morgan fingerprint density at radius 1 is 1.33 bits per heavy atom. The molecule has 2 aromatic rings. The SMILES string of the molecule is Cc1c(N2CC[C@@H]([C@H](C)NC(=O)O)C2)c(F)cc2c(OCC(=O)NN)cc(=O)n(C3CC3)c12. The summed E-state index contributed by atoms with van der Waals surface area (Å²) in [5, 5.41) is 11.9. The molecular formula is C22H28FN5O5. The van der Waals surface area contributed by atoms with Crippen LogP contribution in [0.25, 0.3) is 10.9 Å². The van der Waals surface area contributed by atoms with Gasteiger partial charge in [0.15, 0.2) is 6.61 Å². The molecule has 4 rings (SSSR count). The molecule has 2 atom stereocenters. The molecule has 1 aliphatic heterocycles. The lowest BCUT2D eigenvalue weighted by atomic mass is 10.0. The minimum absolute atomic E-state index is 0.0330. The fourth-order valence-corrected chi connectivity index (χ4v) is 4.72. The number of hydrazine groups is 1. The second kappa shape index (κ2) is 8.89. The van der Waals surface area contributed by atoms with Gasteiger partial charge in [0.05, 0.1) is 11.2 Å². The Bertz CT molecular complexity index is 1160. The Kier molecular flexibility index (Phi) is 6.15. The molecule has 2 heterocycles. The first kappa shape index (κ1) is 22.8. The van der Waals surface area contributed by atoms with Crippen molar-refractivity contribution < 1.29 is 23.8 Å². The molecule has 2 fully saturated rings. The number of aromatic nitrogens is 1. The van der Waals surface area contributed by atoms with E-state index in [1.807, 2.05) is 10.3 Å². The molecule has 1 aromatic heterocycles. The third-order valence-electron chi connectivity index (χ3n) is 6.49. The van der Waals surface area contributed by atoms with E-state index < -0.39 is 24.4 Å². The van der Waals surface area contributed by atoms with Crippen molar-refractivity contribution in [1.82, 2.24) is 15.3 Å². The summed E-state index contributed by atoms with van der Waals surface area (Å²) in [5.41, 5.74) is 3.29. The normalized spacial score (nSPS) is 18.9. The zero-order valence-corrected chi connectivity index (χ0v) is 18.6. The molecule has 178 valence electrons. The maximum atomic E-state index is 15.5. The summed E-state index contributed by atoms with van der Waals surface area (Å²) < 4.78 is 22.7. The van der Waals surface area contributed by atoms with E-state index in [9.17, 15) is 14.4 Å². The highest BCUT2D eigenvalue weighted by molar-refractivity contribution is 5.92. The highest BCUT2D eigenvalue weighted by Gasteiger charge is 2.33. The third kappa shape index (κ3) is 4.45. The standard InChI is InChI=1S/C22H28FN5O5/c1-11-20-15(17(33-10-18(29)26-24)8-19(30)28(20)14-3-4-14)7-16(23)21(11)27-6-5-13(9-27)12(2)25-22(31)32/h7-8,12-14,25H,3-6,9-10,24H2,1-2H3,(H,26,29)(H,31,32)/t12-,13+/m0/s1. The highest BCUT2D eigenvalue weighted by atomic mass is 19.1. The summed E-state index contributed by atoms with van der Waals surface area (Å²) in [7, 11) is 0. The van der Waals surface area contributed by atoms with Gasteiger partial charge in [-0.3, -0.25) is 15.0 Å². The van der Waals surface area contributed by atoms with E-state index in [1.54, 1.807) is 18.4 Å². The van der Waals surface area contributed by atoms with Crippen LogP contribution in [0, 0.1) is 18.7 Å². The zero-order valence-electron chi connectivity index (χ0n) is 18.6. The lowest BCUT2D eigenvalue weighted by molar-refractivity contribution is -0.123. The maximum Gasteiger partial charge on any atom is 0.404 e. The number of halogens is 1. The quantitative estimate of drug-likeness (QED) is 0.279. The molecule has 11 heteroatoms. The Morgan fingerprint density at radius 3 is 2.70 bits per heavy atom. The number of fused-ring (bicyclic) bond motifs is 1. The van der Waals surface area contributed by atoms with Crippen LogP contribution in [0.15, 0.2) is 16.9 Å². The number of rotatable bonds is 7. The maximum absolute atomic E-state index is 15.5. The molecule has 2 amide bonds. The number of ether oxygens (including phenoxy) is 1. The van der Waals surface area contributed by atoms with E-state index in [2.05, 4.69) is 5.32 Å². The van der Waals surface area contributed by atoms with Gasteiger partial charge in [0.25, 0.3) is 11.5 Å². The predicted molar refractivity (Wildman–Crippen MR) is 120 cm³/mol. The van der Waals surface area contributed by atoms with Crippen LogP contribution in [0.1, 0.15) is 37.8 Å². The predicted octanol–water partition coefficient (Wildman–Crippen LogP) is 1.64. The first-order valence-electron chi connectivity index (χ1n) is 11.0. The first-order valence-corrected chi connectivity index (χ1v) is 11.0. The van der Waals surface area contributed by atoms with Crippen LogP contribution in [0.5, 0.6) is 5.75 Å². The molecule has 1 aliphatic carbocycles. The summed E-state index contributed by atoms with van der Waals surface area (Å²) in [5.74, 6) is 4.22. The van der Waals surface area contributed by atoms with Crippen LogP contribution in [0.2, 0.25) is 0 Å². The monoisotopic (exact) mass is 461 g/mol. The third-order valence-corrected chi connectivity index (χ3v) is 6.49. The van der Waals surface area contributed by atoms with Crippen LogP contribution in [0.4, 0.5) is 14.9 Å². The van der Waals surface area contributed by atoms with Crippen molar-refractivity contribution >= 4 is 28.6 Å². The molecule has 1 saturated heterocycles. The van der Waals surface area contributed by atoms with Crippen molar-refractivity contribution in [3.63, 3.8) is 0 Å². The molecule has 5 N–H and O–H groups in total. The summed E-state index contributed by atoms with van der Waals surface area (Å²) in [4.78, 5) is 37.4. The minimum Gasteiger partial charge on any atom is -0.483 e. The van der Waals surface area contributed by atoms with Gasteiger partial charge in [0.1, 0.15) is 11.6 Å². The number of carbonyl (C=O) groups excluding carboxylic acids is 1. The van der Waals surface area contributed by atoms with Gasteiger partial charge in [-0.05, 0) is 50.7 Å². The van der Waals surface area contributed by atoms with Gasteiger partial charge in [-0.2, -0.15) is 0 Å². The number of carbonyl (C=O) groups is 2. The second-order valence-corrected chi connectivity index (χ2v) is 8.77. The molecule has 33 heavy (non-hydrogen) atoms. The molecule has 0 bridgehead atoms. The van der Waals surface area contributed by atoms with E-state index in [4.69, 9.17) is 15.7 Å². The van der Waals surface area contributed by atoms with Gasteiger partial charge in [-0.15, -0.1) is 0 Å². The van der Waals surface area contributed by atoms with Gasteiger partial charge in [0.2, 0.25) is 0 Å². The van der Waals surface area contributed by atoms with Crippen molar-refractivity contribution in [3.8, 4) is 5.75 Å². The average molecular weight is 461 g/mol. The van der Waals surface area contributed by atoms with Gasteiger partial charge in [0, 0.05) is 36.6 Å². The Balaban J connectivity index is 1.77. The molecule has 0 radical (unpaired) electrons. The van der Waals surface area contributed by atoms with Crippen LogP contribution < -0.4 is 31.8 Å². The molecule has 10 nitrogen and oxygen atoms in total. The Morgan fingerprint density at radius 2 is 2.06 bits per heavy atom. The largest absolute Gasteiger partial charge is 0.483 e. The highest BCUT2D eigenvalue weighted by Crippen LogP contribution is 2.42. The van der Waals surface area contributed by atoms with Crippen molar-refractivity contribution in [2.75, 3.05) is 24.6 Å². The average Bonchev–Trinajstić information content (AvgIpc) is 3.47. The lowest BCUT2D eigenvalue weighted by Gasteiger charge is -2.26. The van der Waals surface area contributed by atoms with Crippen LogP contribution >= 0.6 is 0 Å². The molecule has 1 saturated carbocycles. The van der Waals surface area contributed by atoms with Gasteiger partial charge < -0.3 is 24.6 Å². The first-order chi connectivity index (χ1) is 15.7. The number of hydrogen-bond donors (Lipinski definition) is 4. The number of benzene rings is 1. The summed E-state index contributed by atoms with van der Waals surface area (Å²) in [6.07, 6.45) is 1.35. The van der Waals surface area contributed by atoms with Crippen LogP contribution in [0.3, 0.4) is 0 Å². The van der Waals surface area contributed by atoms with Crippen molar-refractivity contribution in [3.05, 3.63) is 33.9 Å². The number of amides is 2. The smallest absolute Gasteiger partial charge is 0.404 e. The molecule has 1 aromatic carbocycles. The van der Waals surface area contributed by atoms with Crippen LogP contribution in [-0.2, 0) is 4.79 Å². The van der Waals surface area contributed by atoms with Gasteiger partial charge in [-0.1, -0.05) is 0 Å². The minimum atomic E-state index is -1.08. The van der Waals surface area contributed by atoms with E-state index in [1.165, 1.54) is 12.1 Å². The fraction of sp³-hybridized carbons (Fsp3) is 0.500. The summed E-state index contributed by atoms with van der Waals surface area (Å²) >= 11 is 0. The number of nitrogens with one attached hydrogen (secondary N) is 2. The summed E-state index contributed by atoms with van der Waals surface area (Å²) in [6, 6.07) is 2.41. The molecule has 2 aliphatic rings. The number of nitrogens with zero attached hydrogens (tertiary/aromatic N) is 2. The van der Waals surface area contributed by atoms with Crippen molar-refractivity contribution in [2.45, 2.75) is 45.2 Å². The number of nitrogens with two attached hydrogens (primary N) is 1. The number of anilines is 1. The number of carboxylic acid groups (broad SMARTS) is 1. The number of aryl methyl sites for hydroxylation is 1. The van der Waals surface area contributed by atoms with E-state index >= 15 is 4.39 Å². The number of pyridine rings is 1. The molecule has 0 spiro atoms. The molecular weight excluding hydrogens is 433 g/mol. The zero-order chi connectivity index (χ0) is 23.9. The topological polar surface area (TPSA) is 139 Å². The molecule has 0 unspecified atom stereocenters. The van der Waals surface area contributed by atoms with E-state index in [0.29, 0.717) is 41.7 Å². The van der Waals surface area contributed by atoms with E-state index in [0.717, 1.165) is 12.8 Å². The van der Waals surface area contributed by atoms with Gasteiger partial charge >= 0.3 is 6.09 Å². The Labute approximate surface area is 189 Å². The van der Waals surface area contributed by atoms with Crippen LogP contribution in [-0.4, -0.2) is 47.4 Å². The summed E-state index contributed by atoms with van der Waals surface area (Å²) in [6.45, 7) is 4.24.